The molecule has 1 aliphatic heterocycles. The monoisotopic (exact) mass is 404 g/mol. The second-order valence-corrected chi connectivity index (χ2v) is 6.83. The van der Waals surface area contributed by atoms with Crippen LogP contribution in [-0.2, 0) is 9.53 Å². The zero-order valence-corrected chi connectivity index (χ0v) is 16.1. The first-order valence-electron chi connectivity index (χ1n) is 8.88. The first-order valence-corrected chi connectivity index (χ1v) is 9.26. The molecule has 1 atom stereocenters. The predicted molar refractivity (Wildman–Crippen MR) is 109 cm³/mol. The Kier molecular flexibility index (Phi) is 6.33. The number of nitro groups is 1. The number of halogens is 1. The van der Waals surface area contributed by atoms with Crippen molar-refractivity contribution in [3.63, 3.8) is 0 Å². The fraction of sp³-hybridized carbons (Fsp3) is 0.316. The number of hydrogen-bond acceptors (Lipinski definition) is 6. The lowest BCUT2D eigenvalue weighted by Gasteiger charge is -2.29. The number of ether oxygens (including phenoxy) is 1. The highest BCUT2D eigenvalue weighted by molar-refractivity contribution is 6.34. The molecule has 0 unspecified atom stereocenters. The van der Waals surface area contributed by atoms with E-state index in [0.29, 0.717) is 5.69 Å². The number of amides is 1. The number of rotatable bonds is 6. The van der Waals surface area contributed by atoms with E-state index in [1.807, 2.05) is 24.3 Å². The summed E-state index contributed by atoms with van der Waals surface area (Å²) in [5.41, 5.74) is 2.13. The fourth-order valence-electron chi connectivity index (χ4n) is 2.87. The van der Waals surface area contributed by atoms with E-state index in [1.54, 1.807) is 6.92 Å². The number of nitrogens with zero attached hydrogens (tertiary/aromatic N) is 2. The quantitative estimate of drug-likeness (QED) is 0.564. The Balaban J connectivity index is 1.58. The van der Waals surface area contributed by atoms with Crippen LogP contribution in [0.5, 0.6) is 0 Å². The maximum Gasteiger partial charge on any atom is 0.271 e. The summed E-state index contributed by atoms with van der Waals surface area (Å²) >= 11 is 6.02. The minimum atomic E-state index is -0.539. The summed E-state index contributed by atoms with van der Waals surface area (Å²) in [6.07, 6.45) is 0. The minimum Gasteiger partial charge on any atom is -0.378 e. The van der Waals surface area contributed by atoms with E-state index < -0.39 is 11.0 Å². The molecular formula is C19H21ClN4O4. The van der Waals surface area contributed by atoms with Crippen LogP contribution in [0.2, 0.25) is 5.02 Å². The fourth-order valence-corrected chi connectivity index (χ4v) is 3.09. The molecule has 1 amide bonds. The first-order chi connectivity index (χ1) is 13.4. The van der Waals surface area contributed by atoms with Crippen LogP contribution in [0.1, 0.15) is 6.92 Å². The van der Waals surface area contributed by atoms with E-state index >= 15 is 0 Å². The second kappa shape index (κ2) is 8.90. The Hall–Kier alpha value is -2.84. The molecule has 0 aromatic heterocycles. The van der Waals surface area contributed by atoms with Gasteiger partial charge in [-0.3, -0.25) is 14.9 Å². The summed E-state index contributed by atoms with van der Waals surface area (Å²) in [7, 11) is 0. The van der Waals surface area contributed by atoms with Crippen LogP contribution < -0.4 is 15.5 Å². The van der Waals surface area contributed by atoms with Gasteiger partial charge in [-0.1, -0.05) is 11.6 Å². The van der Waals surface area contributed by atoms with Gasteiger partial charge in [0.05, 0.1) is 28.8 Å². The van der Waals surface area contributed by atoms with Gasteiger partial charge in [-0.15, -0.1) is 0 Å². The number of nitro benzene ring substituents is 1. The maximum atomic E-state index is 12.4. The molecule has 148 valence electrons. The predicted octanol–water partition coefficient (Wildman–Crippen LogP) is 3.52. The number of non-ortho nitro benzene ring substituents is 1. The van der Waals surface area contributed by atoms with Crippen LogP contribution in [0.15, 0.2) is 42.5 Å². The second-order valence-electron chi connectivity index (χ2n) is 6.42. The summed E-state index contributed by atoms with van der Waals surface area (Å²) in [5, 5.41) is 16.7. The Morgan fingerprint density at radius 1 is 1.21 bits per heavy atom. The minimum absolute atomic E-state index is 0.115. The van der Waals surface area contributed by atoms with Gasteiger partial charge in [0.15, 0.2) is 0 Å². The number of morpholine rings is 1. The summed E-state index contributed by atoms with van der Waals surface area (Å²) in [6.45, 7) is 4.90. The van der Waals surface area contributed by atoms with Crippen LogP contribution in [0.3, 0.4) is 0 Å². The van der Waals surface area contributed by atoms with Crippen molar-refractivity contribution in [3.05, 3.63) is 57.6 Å². The van der Waals surface area contributed by atoms with Gasteiger partial charge in [0.25, 0.3) is 5.69 Å². The third-order valence-corrected chi connectivity index (χ3v) is 4.75. The molecule has 2 aromatic rings. The molecule has 0 aliphatic carbocycles. The van der Waals surface area contributed by atoms with E-state index in [0.717, 1.165) is 37.7 Å². The first kappa shape index (κ1) is 19.9. The van der Waals surface area contributed by atoms with Crippen molar-refractivity contribution in [2.45, 2.75) is 13.0 Å². The van der Waals surface area contributed by atoms with Crippen molar-refractivity contribution < 1.29 is 14.5 Å². The van der Waals surface area contributed by atoms with Gasteiger partial charge < -0.3 is 20.3 Å². The Bertz CT molecular complexity index is 854. The Morgan fingerprint density at radius 2 is 1.89 bits per heavy atom. The van der Waals surface area contributed by atoms with Crippen LogP contribution in [0.4, 0.5) is 22.7 Å². The highest BCUT2D eigenvalue weighted by atomic mass is 35.5. The zero-order chi connectivity index (χ0) is 20.1. The van der Waals surface area contributed by atoms with E-state index in [2.05, 4.69) is 15.5 Å². The van der Waals surface area contributed by atoms with E-state index in [9.17, 15) is 14.9 Å². The normalized spacial score (nSPS) is 15.0. The van der Waals surface area contributed by atoms with Crippen molar-refractivity contribution in [2.75, 3.05) is 41.8 Å². The third-order valence-electron chi connectivity index (χ3n) is 4.44. The lowest BCUT2D eigenvalue weighted by molar-refractivity contribution is -0.384. The number of anilines is 3. The Labute approximate surface area is 167 Å². The van der Waals surface area contributed by atoms with Crippen molar-refractivity contribution in [1.82, 2.24) is 0 Å². The number of hydrogen-bond donors (Lipinski definition) is 2. The molecule has 9 heteroatoms. The SMILES string of the molecule is C[C@H](Nc1ccc(N2CCOCC2)cc1)C(=O)Nc1ccc([N+](=O)[O-])cc1Cl. The van der Waals surface area contributed by atoms with E-state index in [4.69, 9.17) is 16.3 Å². The van der Waals surface area contributed by atoms with E-state index in [-0.39, 0.29) is 16.6 Å². The molecule has 2 aromatic carbocycles. The summed E-state index contributed by atoms with van der Waals surface area (Å²) in [4.78, 5) is 24.9. The van der Waals surface area contributed by atoms with Crippen molar-refractivity contribution in [1.29, 1.82) is 0 Å². The maximum absolute atomic E-state index is 12.4. The van der Waals surface area contributed by atoms with Crippen molar-refractivity contribution in [2.24, 2.45) is 0 Å². The topological polar surface area (TPSA) is 96.7 Å². The van der Waals surface area contributed by atoms with Crippen LogP contribution >= 0.6 is 11.6 Å². The molecule has 1 saturated heterocycles. The van der Waals surface area contributed by atoms with E-state index in [1.165, 1.54) is 18.2 Å². The van der Waals surface area contributed by atoms with Crippen molar-refractivity contribution >= 4 is 40.3 Å². The largest absolute Gasteiger partial charge is 0.378 e. The Morgan fingerprint density at radius 3 is 2.50 bits per heavy atom. The molecule has 2 N–H and O–H groups in total. The molecule has 28 heavy (non-hydrogen) atoms. The number of benzene rings is 2. The van der Waals surface area contributed by atoms with Gasteiger partial charge in [0, 0.05) is 36.6 Å². The average molecular weight is 405 g/mol. The average Bonchev–Trinajstić information content (AvgIpc) is 2.70. The van der Waals surface area contributed by atoms with Gasteiger partial charge in [0.2, 0.25) is 5.91 Å². The zero-order valence-electron chi connectivity index (χ0n) is 15.4. The molecular weight excluding hydrogens is 384 g/mol. The van der Waals surface area contributed by atoms with Gasteiger partial charge in [-0.05, 0) is 37.3 Å². The lowest BCUT2D eigenvalue weighted by atomic mass is 10.2. The van der Waals surface area contributed by atoms with Gasteiger partial charge in [-0.2, -0.15) is 0 Å². The molecule has 0 spiro atoms. The number of nitrogens with one attached hydrogen (secondary N) is 2. The highest BCUT2D eigenvalue weighted by Crippen LogP contribution is 2.27. The summed E-state index contributed by atoms with van der Waals surface area (Å²) in [6, 6.07) is 11.3. The van der Waals surface area contributed by atoms with Crippen LogP contribution in [0, 0.1) is 10.1 Å². The van der Waals surface area contributed by atoms with Gasteiger partial charge >= 0.3 is 0 Å². The molecule has 0 radical (unpaired) electrons. The molecule has 8 nitrogen and oxygen atoms in total. The molecule has 1 heterocycles. The van der Waals surface area contributed by atoms with Crippen molar-refractivity contribution in [3.8, 4) is 0 Å². The summed E-state index contributed by atoms with van der Waals surface area (Å²) < 4.78 is 5.36. The van der Waals surface area contributed by atoms with Gasteiger partial charge in [0.1, 0.15) is 6.04 Å². The van der Waals surface area contributed by atoms with Crippen LogP contribution in [0.25, 0.3) is 0 Å². The lowest BCUT2D eigenvalue weighted by Crippen LogP contribution is -2.36. The van der Waals surface area contributed by atoms with Gasteiger partial charge in [-0.25, -0.2) is 0 Å². The number of carbonyl (C=O) groups is 1. The summed E-state index contributed by atoms with van der Waals surface area (Å²) in [5.74, 6) is -0.298. The third kappa shape index (κ3) is 4.90. The smallest absolute Gasteiger partial charge is 0.271 e. The standard InChI is InChI=1S/C19H21ClN4O4/c1-13(19(25)22-18-7-6-16(24(26)27)12-17(18)20)21-14-2-4-15(5-3-14)23-8-10-28-11-9-23/h2-7,12-13,21H,8-11H2,1H3,(H,22,25)/t13-/m0/s1. The number of carbonyl (C=O) groups excluding carboxylic acids is 1. The van der Waals surface area contributed by atoms with Crippen LogP contribution in [-0.4, -0.2) is 43.2 Å². The molecule has 0 bridgehead atoms. The molecule has 3 rings (SSSR count). The molecule has 1 aliphatic rings. The highest BCUT2D eigenvalue weighted by Gasteiger charge is 2.17. The molecule has 0 saturated carbocycles. The molecule has 1 fully saturated rings.